The van der Waals surface area contributed by atoms with Gasteiger partial charge in [0.25, 0.3) is 0 Å². The lowest BCUT2D eigenvalue weighted by Gasteiger charge is -2.28. The van der Waals surface area contributed by atoms with E-state index in [2.05, 4.69) is 25.1 Å². The second-order valence-electron chi connectivity index (χ2n) is 6.74. The van der Waals surface area contributed by atoms with Crippen LogP contribution in [0.1, 0.15) is 80.1 Å². The van der Waals surface area contributed by atoms with Crippen LogP contribution >= 0.6 is 0 Å². The van der Waals surface area contributed by atoms with Crippen molar-refractivity contribution in [1.29, 1.82) is 0 Å². The number of benzene rings is 1. The van der Waals surface area contributed by atoms with E-state index in [-0.39, 0.29) is 5.92 Å². The number of hydrogen-bond acceptors (Lipinski definition) is 1. The first-order valence-corrected chi connectivity index (χ1v) is 8.42. The van der Waals surface area contributed by atoms with Gasteiger partial charge in [0.15, 0.2) is 5.78 Å². The molecular formula is C19H26O. The molecule has 2 fully saturated rings. The fourth-order valence-electron chi connectivity index (χ4n) is 3.76. The van der Waals surface area contributed by atoms with E-state index in [1.54, 1.807) is 0 Å². The Morgan fingerprint density at radius 2 is 1.85 bits per heavy atom. The number of rotatable bonds is 4. The number of hydrogen-bond donors (Lipinski definition) is 0. The minimum atomic E-state index is 0.287. The molecule has 3 rings (SSSR count). The van der Waals surface area contributed by atoms with Crippen LogP contribution in [0.25, 0.3) is 0 Å². The molecule has 2 aliphatic carbocycles. The second-order valence-corrected chi connectivity index (χ2v) is 6.74. The fraction of sp³-hybridized carbons (Fsp3) is 0.632. The van der Waals surface area contributed by atoms with Crippen molar-refractivity contribution in [3.63, 3.8) is 0 Å². The molecule has 0 atom stereocenters. The molecule has 2 saturated carbocycles. The van der Waals surface area contributed by atoms with Gasteiger partial charge >= 0.3 is 0 Å². The molecule has 1 heteroatoms. The van der Waals surface area contributed by atoms with E-state index in [4.69, 9.17) is 0 Å². The van der Waals surface area contributed by atoms with Gasteiger partial charge in [0, 0.05) is 11.5 Å². The Bertz CT molecular complexity index is 464. The first kappa shape index (κ1) is 13.9. The van der Waals surface area contributed by atoms with Crippen LogP contribution in [0, 0.1) is 11.8 Å². The zero-order valence-corrected chi connectivity index (χ0v) is 12.6. The summed E-state index contributed by atoms with van der Waals surface area (Å²) in [6.07, 6.45) is 9.93. The van der Waals surface area contributed by atoms with Gasteiger partial charge in [-0.1, -0.05) is 38.0 Å². The zero-order chi connectivity index (χ0) is 13.9. The Balaban J connectivity index is 1.67. The van der Waals surface area contributed by atoms with Crippen LogP contribution in [0.3, 0.4) is 0 Å². The van der Waals surface area contributed by atoms with E-state index in [9.17, 15) is 4.79 Å². The Morgan fingerprint density at radius 3 is 2.45 bits per heavy atom. The van der Waals surface area contributed by atoms with Crippen molar-refractivity contribution in [2.75, 3.05) is 0 Å². The highest BCUT2D eigenvalue weighted by atomic mass is 16.1. The van der Waals surface area contributed by atoms with E-state index in [0.29, 0.717) is 5.78 Å². The van der Waals surface area contributed by atoms with Gasteiger partial charge in [0.2, 0.25) is 0 Å². The van der Waals surface area contributed by atoms with Gasteiger partial charge in [-0.15, -0.1) is 0 Å². The van der Waals surface area contributed by atoms with Crippen LogP contribution in [0.2, 0.25) is 0 Å². The van der Waals surface area contributed by atoms with Gasteiger partial charge in [-0.25, -0.2) is 0 Å². The molecule has 0 bridgehead atoms. The van der Waals surface area contributed by atoms with Gasteiger partial charge in [0.05, 0.1) is 0 Å². The maximum atomic E-state index is 12.7. The first-order chi connectivity index (χ1) is 9.78. The third kappa shape index (κ3) is 2.82. The minimum absolute atomic E-state index is 0.287. The number of Topliss-reactive ketones (excluding diaryl/α,β-unsaturated/α-hetero) is 1. The minimum Gasteiger partial charge on any atom is -0.294 e. The number of ketones is 1. The summed E-state index contributed by atoms with van der Waals surface area (Å²) in [6, 6.07) is 8.49. The summed E-state index contributed by atoms with van der Waals surface area (Å²) in [4.78, 5) is 12.7. The second kappa shape index (κ2) is 6.11. The molecule has 2 aliphatic rings. The molecule has 0 spiro atoms. The molecule has 20 heavy (non-hydrogen) atoms. The monoisotopic (exact) mass is 270 g/mol. The fourth-order valence-corrected chi connectivity index (χ4v) is 3.76. The van der Waals surface area contributed by atoms with Crippen LogP contribution in [0.5, 0.6) is 0 Å². The van der Waals surface area contributed by atoms with Gasteiger partial charge in [-0.3, -0.25) is 4.79 Å². The van der Waals surface area contributed by atoms with E-state index >= 15 is 0 Å². The molecular weight excluding hydrogens is 244 g/mol. The summed E-state index contributed by atoms with van der Waals surface area (Å²) in [5, 5.41) is 0. The van der Waals surface area contributed by atoms with Crippen LogP contribution < -0.4 is 0 Å². The van der Waals surface area contributed by atoms with E-state index in [1.807, 2.05) is 6.07 Å². The normalized spacial score (nSPS) is 27.1. The predicted molar refractivity (Wildman–Crippen MR) is 83.1 cm³/mol. The SMILES string of the molecule is CCC1CCC(C(=O)c2cccc(C3CCC3)c2)CC1. The van der Waals surface area contributed by atoms with E-state index < -0.39 is 0 Å². The van der Waals surface area contributed by atoms with Crippen molar-refractivity contribution in [2.24, 2.45) is 11.8 Å². The number of carbonyl (C=O) groups is 1. The third-order valence-corrected chi connectivity index (χ3v) is 5.54. The van der Waals surface area contributed by atoms with Gasteiger partial charge in [0.1, 0.15) is 0 Å². The maximum absolute atomic E-state index is 12.7. The summed E-state index contributed by atoms with van der Waals surface area (Å²) in [6.45, 7) is 2.27. The Kier molecular flexibility index (Phi) is 4.24. The quantitative estimate of drug-likeness (QED) is 0.674. The average Bonchev–Trinajstić information content (AvgIpc) is 2.45. The predicted octanol–water partition coefficient (Wildman–Crippen LogP) is 5.35. The first-order valence-electron chi connectivity index (χ1n) is 8.42. The zero-order valence-electron chi connectivity index (χ0n) is 12.6. The lowest BCUT2D eigenvalue weighted by Crippen LogP contribution is -2.22. The lowest BCUT2D eigenvalue weighted by molar-refractivity contribution is 0.0871. The lowest BCUT2D eigenvalue weighted by atomic mass is 9.76. The van der Waals surface area contributed by atoms with Crippen molar-refractivity contribution < 1.29 is 4.79 Å². The standard InChI is InChI=1S/C19H26O/c1-2-14-9-11-16(12-10-14)19(20)18-8-4-7-17(13-18)15-5-3-6-15/h4,7-8,13-16H,2-3,5-6,9-12H2,1H3. The van der Waals surface area contributed by atoms with Crippen molar-refractivity contribution in [3.05, 3.63) is 35.4 Å². The highest BCUT2D eigenvalue weighted by Crippen LogP contribution is 2.37. The number of carbonyl (C=O) groups excluding carboxylic acids is 1. The van der Waals surface area contributed by atoms with E-state index in [0.717, 1.165) is 30.2 Å². The highest BCUT2D eigenvalue weighted by molar-refractivity contribution is 5.98. The van der Waals surface area contributed by atoms with E-state index in [1.165, 1.54) is 44.1 Å². The average molecular weight is 270 g/mol. The van der Waals surface area contributed by atoms with Crippen molar-refractivity contribution >= 4 is 5.78 Å². The Hall–Kier alpha value is -1.11. The van der Waals surface area contributed by atoms with Crippen LogP contribution in [-0.2, 0) is 0 Å². The topological polar surface area (TPSA) is 17.1 Å². The molecule has 0 heterocycles. The molecule has 0 unspecified atom stereocenters. The molecule has 0 radical (unpaired) electrons. The van der Waals surface area contributed by atoms with Crippen LogP contribution in [-0.4, -0.2) is 5.78 Å². The molecule has 108 valence electrons. The molecule has 0 saturated heterocycles. The molecule has 0 amide bonds. The maximum Gasteiger partial charge on any atom is 0.165 e. The summed E-state index contributed by atoms with van der Waals surface area (Å²) in [5.74, 6) is 2.27. The molecule has 0 N–H and O–H groups in total. The third-order valence-electron chi connectivity index (χ3n) is 5.54. The van der Waals surface area contributed by atoms with Crippen LogP contribution in [0.15, 0.2) is 24.3 Å². The Morgan fingerprint density at radius 1 is 1.10 bits per heavy atom. The van der Waals surface area contributed by atoms with Crippen LogP contribution in [0.4, 0.5) is 0 Å². The Labute approximate surface area is 122 Å². The van der Waals surface area contributed by atoms with Gasteiger partial charge < -0.3 is 0 Å². The molecule has 1 nitrogen and oxygen atoms in total. The summed E-state index contributed by atoms with van der Waals surface area (Å²) >= 11 is 0. The van der Waals surface area contributed by atoms with Gasteiger partial charge in [-0.05, 0) is 62.0 Å². The summed E-state index contributed by atoms with van der Waals surface area (Å²) < 4.78 is 0. The molecule has 0 aliphatic heterocycles. The molecule has 0 aromatic heterocycles. The molecule has 1 aromatic carbocycles. The van der Waals surface area contributed by atoms with Crippen molar-refractivity contribution in [1.82, 2.24) is 0 Å². The van der Waals surface area contributed by atoms with Crippen molar-refractivity contribution in [2.45, 2.75) is 64.2 Å². The largest absolute Gasteiger partial charge is 0.294 e. The summed E-state index contributed by atoms with van der Waals surface area (Å²) in [5.41, 5.74) is 2.36. The van der Waals surface area contributed by atoms with Crippen molar-refractivity contribution in [3.8, 4) is 0 Å². The molecule has 1 aromatic rings. The summed E-state index contributed by atoms with van der Waals surface area (Å²) in [7, 11) is 0. The highest BCUT2D eigenvalue weighted by Gasteiger charge is 2.27. The smallest absolute Gasteiger partial charge is 0.165 e. The van der Waals surface area contributed by atoms with Gasteiger partial charge in [-0.2, -0.15) is 0 Å².